The topological polar surface area (TPSA) is 92.9 Å². The van der Waals surface area contributed by atoms with E-state index < -0.39 is 0 Å². The number of anilines is 1. The smallest absolute Gasteiger partial charge is 0.187 e. The predicted octanol–water partition coefficient (Wildman–Crippen LogP) is 4.01. The van der Waals surface area contributed by atoms with Crippen molar-refractivity contribution in [3.05, 3.63) is 37.2 Å². The summed E-state index contributed by atoms with van der Waals surface area (Å²) in [7, 11) is 2.10. The lowest BCUT2D eigenvalue weighted by atomic mass is 9.55. The third-order valence-electron chi connectivity index (χ3n) is 7.21. The van der Waals surface area contributed by atoms with Gasteiger partial charge in [-0.2, -0.15) is 0 Å². The first-order valence-corrected chi connectivity index (χ1v) is 10.9. The second-order valence-electron chi connectivity index (χ2n) is 9.99. The molecular weight excluding hydrogens is 390 g/mol. The summed E-state index contributed by atoms with van der Waals surface area (Å²) < 4.78 is 1.72. The molecule has 31 heavy (non-hydrogen) atoms. The van der Waals surface area contributed by atoms with Crippen LogP contribution in [0.15, 0.2) is 37.2 Å². The quantitative estimate of drug-likeness (QED) is 0.683. The minimum atomic E-state index is 0.0579. The average molecular weight is 420 g/mol. The SMILES string of the molecule is CN(c1cnc(-c2cnc(-n3ccnc3)cc2O)nn1)[C@H]1C[C@]2(C)CCC[C@](C)(C1)C2. The molecule has 3 heterocycles. The molecular formula is C23H29N7O. The fourth-order valence-electron chi connectivity index (χ4n) is 5.86. The Balaban J connectivity index is 1.35. The number of fused-ring (bicyclic) bond motifs is 2. The molecule has 2 aliphatic carbocycles. The van der Waals surface area contributed by atoms with Gasteiger partial charge in [-0.1, -0.05) is 20.3 Å². The molecule has 0 amide bonds. The van der Waals surface area contributed by atoms with Gasteiger partial charge in [0.25, 0.3) is 0 Å². The van der Waals surface area contributed by atoms with Crippen LogP contribution in [0.1, 0.15) is 52.4 Å². The summed E-state index contributed by atoms with van der Waals surface area (Å²) in [6.45, 7) is 4.89. The van der Waals surface area contributed by atoms with Gasteiger partial charge >= 0.3 is 0 Å². The summed E-state index contributed by atoms with van der Waals surface area (Å²) in [5.41, 5.74) is 1.29. The van der Waals surface area contributed by atoms with Gasteiger partial charge in [0.05, 0.1) is 11.8 Å². The van der Waals surface area contributed by atoms with Crippen molar-refractivity contribution in [1.29, 1.82) is 0 Å². The van der Waals surface area contributed by atoms with Gasteiger partial charge in [-0.05, 0) is 42.9 Å². The van der Waals surface area contributed by atoms with Crippen molar-refractivity contribution in [2.45, 2.75) is 58.4 Å². The second kappa shape index (κ2) is 7.28. The van der Waals surface area contributed by atoms with Gasteiger partial charge in [0.2, 0.25) is 0 Å². The Morgan fingerprint density at radius 3 is 2.48 bits per heavy atom. The molecule has 8 nitrogen and oxygen atoms in total. The zero-order valence-corrected chi connectivity index (χ0v) is 18.4. The number of aromatic hydroxyl groups is 1. The van der Waals surface area contributed by atoms with E-state index in [0.717, 1.165) is 5.82 Å². The van der Waals surface area contributed by atoms with Crippen LogP contribution in [0.2, 0.25) is 0 Å². The Labute approximate surface area is 182 Å². The molecule has 2 fully saturated rings. The summed E-state index contributed by atoms with van der Waals surface area (Å²) in [5, 5.41) is 19.2. The summed E-state index contributed by atoms with van der Waals surface area (Å²) in [6, 6.07) is 2.01. The number of nitrogens with zero attached hydrogens (tertiary/aromatic N) is 7. The Morgan fingerprint density at radius 2 is 1.87 bits per heavy atom. The van der Waals surface area contributed by atoms with E-state index in [4.69, 9.17) is 0 Å². The number of hydrogen-bond donors (Lipinski definition) is 1. The number of hydrogen-bond acceptors (Lipinski definition) is 7. The van der Waals surface area contributed by atoms with Crippen molar-refractivity contribution in [2.24, 2.45) is 10.8 Å². The monoisotopic (exact) mass is 419 g/mol. The van der Waals surface area contributed by atoms with Crippen molar-refractivity contribution in [1.82, 2.24) is 29.7 Å². The van der Waals surface area contributed by atoms with Crippen molar-refractivity contribution >= 4 is 5.82 Å². The van der Waals surface area contributed by atoms with Gasteiger partial charge in [-0.25, -0.2) is 15.0 Å². The predicted molar refractivity (Wildman–Crippen MR) is 118 cm³/mol. The van der Waals surface area contributed by atoms with Crippen molar-refractivity contribution in [2.75, 3.05) is 11.9 Å². The molecule has 3 aromatic rings. The summed E-state index contributed by atoms with van der Waals surface area (Å²) in [4.78, 5) is 15.1. The summed E-state index contributed by atoms with van der Waals surface area (Å²) >= 11 is 0. The number of imidazole rings is 1. The van der Waals surface area contributed by atoms with Gasteiger partial charge in [-0.3, -0.25) is 4.57 Å². The van der Waals surface area contributed by atoms with E-state index in [2.05, 4.69) is 50.9 Å². The van der Waals surface area contributed by atoms with Crippen LogP contribution >= 0.6 is 0 Å². The van der Waals surface area contributed by atoms with Gasteiger partial charge in [0, 0.05) is 37.7 Å². The lowest BCUT2D eigenvalue weighted by Gasteiger charge is -2.54. The molecule has 0 saturated heterocycles. The minimum Gasteiger partial charge on any atom is -0.507 e. The van der Waals surface area contributed by atoms with Crippen molar-refractivity contribution < 1.29 is 5.11 Å². The maximum absolute atomic E-state index is 10.5. The highest BCUT2D eigenvalue weighted by atomic mass is 16.3. The van der Waals surface area contributed by atoms with Gasteiger partial charge in [0.15, 0.2) is 11.6 Å². The van der Waals surface area contributed by atoms with Crippen molar-refractivity contribution in [3.63, 3.8) is 0 Å². The standard InChI is InChI=1S/C23H29N7O/c1-22-5-4-6-23(2,14-22)11-16(10-22)29(3)20-13-26-21(28-27-20)17-12-25-19(9-18(17)31)30-8-7-24-15-30/h7-9,12-13,15-16H,4-6,10-11,14H2,1-3H3,(H,25,31)/t16-,22-,23+. The molecule has 0 unspecified atom stereocenters. The van der Waals surface area contributed by atoms with Crippen LogP contribution in [0.25, 0.3) is 17.2 Å². The molecule has 3 atom stereocenters. The largest absolute Gasteiger partial charge is 0.507 e. The highest BCUT2D eigenvalue weighted by Crippen LogP contribution is 2.56. The van der Waals surface area contributed by atoms with Crippen LogP contribution in [0, 0.1) is 10.8 Å². The molecule has 0 aliphatic heterocycles. The van der Waals surface area contributed by atoms with E-state index in [1.165, 1.54) is 38.5 Å². The summed E-state index contributed by atoms with van der Waals surface area (Å²) in [6.07, 6.45) is 16.0. The fourth-order valence-corrected chi connectivity index (χ4v) is 5.86. The first kappa shape index (κ1) is 19.9. The third kappa shape index (κ3) is 3.75. The molecule has 2 saturated carbocycles. The molecule has 5 rings (SSSR count). The average Bonchev–Trinajstić information content (AvgIpc) is 3.27. The Bertz CT molecular complexity index is 1050. The Hall–Kier alpha value is -3.03. The van der Waals surface area contributed by atoms with E-state index in [1.54, 1.807) is 41.7 Å². The highest BCUT2D eigenvalue weighted by Gasteiger charge is 2.47. The Kier molecular flexibility index (Phi) is 4.68. The summed E-state index contributed by atoms with van der Waals surface area (Å²) in [5.74, 6) is 1.76. The maximum atomic E-state index is 10.5. The zero-order chi connectivity index (χ0) is 21.6. The van der Waals surface area contributed by atoms with Gasteiger partial charge in [-0.15, -0.1) is 10.2 Å². The maximum Gasteiger partial charge on any atom is 0.187 e. The van der Waals surface area contributed by atoms with Crippen LogP contribution in [0.3, 0.4) is 0 Å². The lowest BCUT2D eigenvalue weighted by molar-refractivity contribution is 0.0141. The Morgan fingerprint density at radius 1 is 1.10 bits per heavy atom. The van der Waals surface area contributed by atoms with Crippen LogP contribution in [0.5, 0.6) is 5.75 Å². The van der Waals surface area contributed by atoms with Crippen molar-refractivity contribution in [3.8, 4) is 23.0 Å². The van der Waals surface area contributed by atoms with E-state index in [-0.39, 0.29) is 5.75 Å². The minimum absolute atomic E-state index is 0.0579. The van der Waals surface area contributed by atoms with E-state index in [1.807, 2.05) is 0 Å². The third-order valence-corrected chi connectivity index (χ3v) is 7.21. The second-order valence-corrected chi connectivity index (χ2v) is 9.99. The van der Waals surface area contributed by atoms with Gasteiger partial charge in [0.1, 0.15) is 17.9 Å². The molecule has 3 aromatic heterocycles. The van der Waals surface area contributed by atoms with E-state index >= 15 is 0 Å². The molecule has 2 aliphatic rings. The molecule has 0 radical (unpaired) electrons. The molecule has 0 spiro atoms. The molecule has 162 valence electrons. The number of rotatable bonds is 4. The van der Waals surface area contributed by atoms with Crippen LogP contribution in [0.4, 0.5) is 5.82 Å². The van der Waals surface area contributed by atoms with E-state index in [0.29, 0.717) is 34.1 Å². The van der Waals surface area contributed by atoms with E-state index in [9.17, 15) is 5.11 Å². The molecule has 2 bridgehead atoms. The van der Waals surface area contributed by atoms with Crippen LogP contribution in [-0.2, 0) is 0 Å². The van der Waals surface area contributed by atoms with Gasteiger partial charge < -0.3 is 10.0 Å². The molecule has 1 N–H and O–H groups in total. The normalized spacial score (nSPS) is 27.8. The molecule has 8 heteroatoms. The zero-order valence-electron chi connectivity index (χ0n) is 18.4. The van der Waals surface area contributed by atoms with Crippen LogP contribution in [-0.4, -0.2) is 47.9 Å². The number of pyridine rings is 1. The number of aromatic nitrogens is 6. The lowest BCUT2D eigenvalue weighted by Crippen LogP contribution is -2.49. The highest BCUT2D eigenvalue weighted by molar-refractivity contribution is 5.63. The first-order chi connectivity index (χ1) is 14.8. The first-order valence-electron chi connectivity index (χ1n) is 10.9. The fraction of sp³-hybridized carbons (Fsp3) is 0.522. The van der Waals surface area contributed by atoms with Crippen LogP contribution < -0.4 is 4.90 Å². The molecule has 0 aromatic carbocycles.